The number of rotatable bonds is 13. The lowest BCUT2D eigenvalue weighted by molar-refractivity contribution is -0.160. The topological polar surface area (TPSA) is 133 Å². The van der Waals surface area contributed by atoms with Gasteiger partial charge in [0.25, 0.3) is 0 Å². The summed E-state index contributed by atoms with van der Waals surface area (Å²) in [5.41, 5.74) is 1.25. The summed E-state index contributed by atoms with van der Waals surface area (Å²) in [4.78, 5) is 38.5. The zero-order chi connectivity index (χ0) is 33.7. The summed E-state index contributed by atoms with van der Waals surface area (Å²) in [6.07, 6.45) is -0.623. The first-order valence-corrected chi connectivity index (χ1v) is 15.6. The van der Waals surface area contributed by atoms with Crippen molar-refractivity contribution in [1.29, 1.82) is 0 Å². The standard InChI is InChI=1S/C36H42N2O9/c1-22(39)46-34-30-20-26(37-32(40)18-19-33(41)42)21-31(38(30)2)35(34)47-36(23-6-12-27(43-3)13-7-23,24-8-14-28(44-4)15-9-24)25-10-16-29(45-5)17-11-25/h6-17,26,30-31,34-35H,18-21H2,1-5H3,(H,37,40)(H,41,42)/t26?,30-,31+,34-,35+/m0/s1. The number of esters is 1. The minimum Gasteiger partial charge on any atom is -0.497 e. The number of hydrogen-bond donors (Lipinski definition) is 2. The molecule has 3 aromatic rings. The molecule has 1 amide bonds. The molecule has 2 fully saturated rings. The van der Waals surface area contributed by atoms with Gasteiger partial charge in [-0.25, -0.2) is 0 Å². The highest BCUT2D eigenvalue weighted by Gasteiger charge is 2.57. The zero-order valence-corrected chi connectivity index (χ0v) is 27.3. The molecule has 2 heterocycles. The van der Waals surface area contributed by atoms with Crippen LogP contribution in [0.2, 0.25) is 0 Å². The Bertz CT molecular complexity index is 1430. The molecule has 0 radical (unpaired) electrons. The summed E-state index contributed by atoms with van der Waals surface area (Å²) >= 11 is 0. The molecule has 3 aromatic carbocycles. The monoisotopic (exact) mass is 646 g/mol. The molecular weight excluding hydrogens is 604 g/mol. The van der Waals surface area contributed by atoms with Crippen LogP contribution in [0, 0.1) is 0 Å². The lowest BCUT2D eigenvalue weighted by Gasteiger charge is -2.41. The van der Waals surface area contributed by atoms with Gasteiger partial charge in [-0.3, -0.25) is 19.3 Å². The first-order valence-electron chi connectivity index (χ1n) is 15.6. The van der Waals surface area contributed by atoms with Gasteiger partial charge in [0.2, 0.25) is 5.91 Å². The lowest BCUT2D eigenvalue weighted by Crippen LogP contribution is -2.51. The van der Waals surface area contributed by atoms with Crippen LogP contribution in [0.1, 0.15) is 49.3 Å². The highest BCUT2D eigenvalue weighted by atomic mass is 16.6. The number of nitrogens with one attached hydrogen (secondary N) is 1. The molecule has 250 valence electrons. The van der Waals surface area contributed by atoms with Gasteiger partial charge in [-0.1, -0.05) is 36.4 Å². The molecule has 2 aliphatic rings. The Morgan fingerprint density at radius 2 is 1.17 bits per heavy atom. The van der Waals surface area contributed by atoms with Crippen molar-refractivity contribution in [3.05, 3.63) is 89.5 Å². The molecule has 2 saturated heterocycles. The van der Waals surface area contributed by atoms with Crippen LogP contribution >= 0.6 is 0 Å². The molecule has 0 aromatic heterocycles. The third-order valence-electron chi connectivity index (χ3n) is 9.22. The van der Waals surface area contributed by atoms with Gasteiger partial charge >= 0.3 is 11.9 Å². The Hall–Kier alpha value is -4.61. The summed E-state index contributed by atoms with van der Waals surface area (Å²) in [6.45, 7) is 1.38. The van der Waals surface area contributed by atoms with Gasteiger partial charge in [0.15, 0.2) is 0 Å². The Labute approximate surface area is 274 Å². The van der Waals surface area contributed by atoms with E-state index in [2.05, 4.69) is 10.2 Å². The van der Waals surface area contributed by atoms with Gasteiger partial charge in [0.1, 0.15) is 35.1 Å². The molecule has 0 saturated carbocycles. The second-order valence-corrected chi connectivity index (χ2v) is 12.0. The van der Waals surface area contributed by atoms with E-state index < -0.39 is 29.7 Å². The highest BCUT2D eigenvalue weighted by Crippen LogP contribution is 2.48. The number of carbonyl (C=O) groups is 3. The van der Waals surface area contributed by atoms with Crippen LogP contribution in [0.3, 0.4) is 0 Å². The van der Waals surface area contributed by atoms with Crippen LogP contribution in [-0.4, -0.2) is 86.6 Å². The van der Waals surface area contributed by atoms with E-state index in [-0.39, 0.29) is 36.9 Å². The second kappa shape index (κ2) is 14.4. The summed E-state index contributed by atoms with van der Waals surface area (Å²) in [6, 6.07) is 22.3. The largest absolute Gasteiger partial charge is 0.497 e. The number of benzene rings is 3. The van der Waals surface area contributed by atoms with Gasteiger partial charge in [-0.2, -0.15) is 0 Å². The number of carbonyl (C=O) groups excluding carboxylic acids is 2. The fourth-order valence-electron chi connectivity index (χ4n) is 6.93. The first kappa shape index (κ1) is 33.7. The molecule has 2 aliphatic heterocycles. The fraction of sp³-hybridized carbons (Fsp3) is 0.417. The van der Waals surface area contributed by atoms with Gasteiger partial charge in [0, 0.05) is 25.4 Å². The van der Waals surface area contributed by atoms with Crippen molar-refractivity contribution in [1.82, 2.24) is 10.2 Å². The maximum atomic E-state index is 12.7. The fourth-order valence-corrected chi connectivity index (χ4v) is 6.93. The van der Waals surface area contributed by atoms with Crippen molar-refractivity contribution in [2.45, 2.75) is 68.5 Å². The number of nitrogens with zero attached hydrogens (tertiary/aromatic N) is 1. The van der Waals surface area contributed by atoms with E-state index in [1.165, 1.54) is 6.92 Å². The Morgan fingerprint density at radius 3 is 1.55 bits per heavy atom. The number of amides is 1. The normalized spacial score (nSPS) is 22.3. The number of carboxylic acid groups (broad SMARTS) is 1. The van der Waals surface area contributed by atoms with Crippen LogP contribution in [-0.2, 0) is 29.5 Å². The van der Waals surface area contributed by atoms with E-state index in [4.69, 9.17) is 28.8 Å². The minimum absolute atomic E-state index is 0.111. The molecule has 11 heteroatoms. The van der Waals surface area contributed by atoms with Crippen molar-refractivity contribution >= 4 is 17.8 Å². The van der Waals surface area contributed by atoms with Gasteiger partial charge in [-0.05, 0) is 73.0 Å². The van der Waals surface area contributed by atoms with Gasteiger partial charge < -0.3 is 34.1 Å². The maximum Gasteiger partial charge on any atom is 0.303 e. The maximum absolute atomic E-state index is 12.7. The second-order valence-electron chi connectivity index (χ2n) is 12.0. The molecule has 47 heavy (non-hydrogen) atoms. The van der Waals surface area contributed by atoms with Crippen LogP contribution in [0.15, 0.2) is 72.8 Å². The molecule has 0 spiro atoms. The lowest BCUT2D eigenvalue weighted by atomic mass is 9.79. The smallest absolute Gasteiger partial charge is 0.303 e. The molecule has 5 atom stereocenters. The Balaban J connectivity index is 1.64. The summed E-state index contributed by atoms with van der Waals surface area (Å²) < 4.78 is 30.0. The number of carboxylic acids is 1. The number of likely N-dealkylation sites (N-methyl/N-ethyl adjacent to an activating group) is 1. The SMILES string of the molecule is COc1ccc(C(O[C@H]2[C@@H](OC(C)=O)[C@@H]3CC(NC(=O)CCC(=O)O)C[C@H]2N3C)(c2ccc(OC)cc2)c2ccc(OC)cc2)cc1. The third kappa shape index (κ3) is 7.06. The zero-order valence-electron chi connectivity index (χ0n) is 27.3. The summed E-state index contributed by atoms with van der Waals surface area (Å²) in [5, 5.41) is 12.1. The predicted molar refractivity (Wildman–Crippen MR) is 173 cm³/mol. The summed E-state index contributed by atoms with van der Waals surface area (Å²) in [5.74, 6) is 0.259. The number of fused-ring (bicyclic) bond motifs is 2. The van der Waals surface area contributed by atoms with E-state index in [1.807, 2.05) is 79.8 Å². The van der Waals surface area contributed by atoms with Crippen LogP contribution in [0.5, 0.6) is 17.2 Å². The number of ether oxygens (including phenoxy) is 5. The molecule has 5 rings (SSSR count). The average Bonchev–Trinajstić information content (AvgIpc) is 3.20. The van der Waals surface area contributed by atoms with Crippen LogP contribution in [0.25, 0.3) is 0 Å². The average molecular weight is 647 g/mol. The van der Waals surface area contributed by atoms with E-state index in [1.54, 1.807) is 21.3 Å². The van der Waals surface area contributed by atoms with Gasteiger partial charge in [0.05, 0.1) is 33.8 Å². The predicted octanol–water partition coefficient (Wildman–Crippen LogP) is 4.15. The quantitative estimate of drug-likeness (QED) is 0.206. The van der Waals surface area contributed by atoms with Crippen molar-refractivity contribution in [3.63, 3.8) is 0 Å². The van der Waals surface area contributed by atoms with E-state index in [0.29, 0.717) is 30.1 Å². The first-order chi connectivity index (χ1) is 22.6. The molecule has 0 aliphatic carbocycles. The highest BCUT2D eigenvalue weighted by molar-refractivity contribution is 5.80. The molecule has 11 nitrogen and oxygen atoms in total. The molecule has 2 N–H and O–H groups in total. The summed E-state index contributed by atoms with van der Waals surface area (Å²) in [7, 11) is 6.82. The van der Waals surface area contributed by atoms with Crippen molar-refractivity contribution in [3.8, 4) is 17.2 Å². The third-order valence-corrected chi connectivity index (χ3v) is 9.22. The van der Waals surface area contributed by atoms with Crippen LogP contribution in [0.4, 0.5) is 0 Å². The van der Waals surface area contributed by atoms with Crippen molar-refractivity contribution < 1.29 is 43.2 Å². The van der Waals surface area contributed by atoms with Crippen LogP contribution < -0.4 is 19.5 Å². The number of methoxy groups -OCH3 is 3. The van der Waals surface area contributed by atoms with E-state index in [0.717, 1.165) is 16.7 Å². The molecule has 2 bridgehead atoms. The Morgan fingerprint density at radius 1 is 0.745 bits per heavy atom. The minimum atomic E-state index is -1.20. The molecule has 1 unspecified atom stereocenters. The van der Waals surface area contributed by atoms with E-state index >= 15 is 0 Å². The number of piperidine rings is 1. The molecular formula is C36H42N2O9. The Kier molecular flexibility index (Phi) is 10.4. The van der Waals surface area contributed by atoms with Crippen molar-refractivity contribution in [2.24, 2.45) is 0 Å². The van der Waals surface area contributed by atoms with E-state index in [9.17, 15) is 14.4 Å². The number of aliphatic carboxylic acids is 1. The number of hydrogen-bond acceptors (Lipinski definition) is 9. The van der Waals surface area contributed by atoms with Gasteiger partial charge in [-0.15, -0.1) is 0 Å². The van der Waals surface area contributed by atoms with Crippen molar-refractivity contribution in [2.75, 3.05) is 28.4 Å².